The minimum Gasteiger partial charge on any atom is -0.478 e. The molecule has 4 heteroatoms. The molecule has 104 valence electrons. The van der Waals surface area contributed by atoms with Gasteiger partial charge in [-0.15, -0.1) is 0 Å². The first kappa shape index (κ1) is 13.7. The Kier molecular flexibility index (Phi) is 4.30. The van der Waals surface area contributed by atoms with Gasteiger partial charge in [0, 0.05) is 17.4 Å². The van der Waals surface area contributed by atoms with E-state index >= 15 is 0 Å². The fourth-order valence-electron chi connectivity index (χ4n) is 2.88. The van der Waals surface area contributed by atoms with Crippen molar-refractivity contribution in [3.63, 3.8) is 0 Å². The quantitative estimate of drug-likeness (QED) is 0.727. The number of nitrogens with one attached hydrogen (secondary N) is 1. The fraction of sp³-hybridized carbons (Fsp3) is 0.533. The molecule has 1 aliphatic carbocycles. The van der Waals surface area contributed by atoms with Gasteiger partial charge in [-0.2, -0.15) is 0 Å². The van der Waals surface area contributed by atoms with E-state index in [9.17, 15) is 4.79 Å². The number of aromatic carboxylic acids is 1. The Morgan fingerprint density at radius 1 is 1.47 bits per heavy atom. The monoisotopic (exact) mass is 262 g/mol. The summed E-state index contributed by atoms with van der Waals surface area (Å²) in [5.41, 5.74) is 7.17. The maximum Gasteiger partial charge on any atom is 0.337 e. The van der Waals surface area contributed by atoms with Crippen molar-refractivity contribution in [2.24, 2.45) is 5.92 Å². The lowest BCUT2D eigenvalue weighted by Crippen LogP contribution is -2.27. The molecule has 0 amide bonds. The zero-order valence-corrected chi connectivity index (χ0v) is 11.4. The summed E-state index contributed by atoms with van der Waals surface area (Å²) in [5.74, 6) is -0.172. The summed E-state index contributed by atoms with van der Waals surface area (Å²) in [5, 5.41) is 12.4. The van der Waals surface area contributed by atoms with E-state index in [1.165, 1.54) is 32.1 Å². The Bertz CT molecular complexity index is 459. The van der Waals surface area contributed by atoms with Crippen molar-refractivity contribution in [1.82, 2.24) is 0 Å². The zero-order chi connectivity index (χ0) is 13.8. The first-order chi connectivity index (χ1) is 9.10. The molecule has 2 rings (SSSR count). The highest BCUT2D eigenvalue weighted by Crippen LogP contribution is 2.29. The Hall–Kier alpha value is -1.71. The number of hydrogen-bond donors (Lipinski definition) is 3. The largest absolute Gasteiger partial charge is 0.478 e. The zero-order valence-electron chi connectivity index (χ0n) is 11.4. The molecule has 1 aromatic rings. The number of hydrogen-bond acceptors (Lipinski definition) is 3. The van der Waals surface area contributed by atoms with Gasteiger partial charge in [-0.1, -0.05) is 26.2 Å². The van der Waals surface area contributed by atoms with E-state index in [1.807, 2.05) is 0 Å². The maximum absolute atomic E-state index is 10.9. The molecular formula is C15H22N2O2. The maximum atomic E-state index is 10.9. The van der Waals surface area contributed by atoms with Crippen LogP contribution in [0.25, 0.3) is 0 Å². The summed E-state index contributed by atoms with van der Waals surface area (Å²) < 4.78 is 0. The molecule has 2 atom stereocenters. The highest BCUT2D eigenvalue weighted by Gasteiger charge is 2.20. The minimum atomic E-state index is -0.979. The highest BCUT2D eigenvalue weighted by atomic mass is 16.4. The second-order valence-electron chi connectivity index (χ2n) is 5.39. The molecule has 1 saturated carbocycles. The molecule has 0 bridgehead atoms. The number of benzene rings is 1. The Morgan fingerprint density at radius 2 is 2.26 bits per heavy atom. The molecule has 1 aliphatic rings. The van der Waals surface area contributed by atoms with Crippen LogP contribution in [0.3, 0.4) is 0 Å². The van der Waals surface area contributed by atoms with Crippen LogP contribution in [-0.2, 0) is 0 Å². The lowest BCUT2D eigenvalue weighted by Gasteiger charge is -2.30. The van der Waals surface area contributed by atoms with Crippen LogP contribution in [0.4, 0.5) is 11.4 Å². The topological polar surface area (TPSA) is 75.3 Å². The Morgan fingerprint density at radius 3 is 2.89 bits per heavy atom. The normalized spacial score (nSPS) is 23.0. The first-order valence-corrected chi connectivity index (χ1v) is 6.99. The SMILES string of the molecule is CCC1CCCC(Nc2ccc(C(=O)O)c(N)c2)C1. The average Bonchev–Trinajstić information content (AvgIpc) is 2.38. The van der Waals surface area contributed by atoms with Crippen LogP contribution in [0.2, 0.25) is 0 Å². The van der Waals surface area contributed by atoms with Crippen molar-refractivity contribution in [3.8, 4) is 0 Å². The third-order valence-electron chi connectivity index (χ3n) is 4.01. The molecule has 4 nitrogen and oxygen atoms in total. The molecule has 1 fully saturated rings. The standard InChI is InChI=1S/C15H22N2O2/c1-2-10-4-3-5-11(8-10)17-12-6-7-13(15(18)19)14(16)9-12/h6-7,9-11,17H,2-5,8,16H2,1H3,(H,18,19). The molecule has 0 heterocycles. The van der Waals surface area contributed by atoms with E-state index in [0.29, 0.717) is 11.7 Å². The van der Waals surface area contributed by atoms with Gasteiger partial charge in [0.2, 0.25) is 0 Å². The van der Waals surface area contributed by atoms with Crippen molar-refractivity contribution < 1.29 is 9.90 Å². The van der Waals surface area contributed by atoms with Crippen LogP contribution in [0, 0.1) is 5.92 Å². The fourth-order valence-corrected chi connectivity index (χ4v) is 2.88. The van der Waals surface area contributed by atoms with Crippen molar-refractivity contribution in [1.29, 1.82) is 0 Å². The van der Waals surface area contributed by atoms with E-state index < -0.39 is 5.97 Å². The van der Waals surface area contributed by atoms with Crippen LogP contribution in [0.15, 0.2) is 18.2 Å². The van der Waals surface area contributed by atoms with Crippen molar-refractivity contribution in [3.05, 3.63) is 23.8 Å². The van der Waals surface area contributed by atoms with Gasteiger partial charge < -0.3 is 16.2 Å². The molecule has 0 spiro atoms. The third-order valence-corrected chi connectivity index (χ3v) is 4.01. The number of anilines is 2. The van der Waals surface area contributed by atoms with Crippen molar-refractivity contribution in [2.75, 3.05) is 11.1 Å². The smallest absolute Gasteiger partial charge is 0.337 e. The van der Waals surface area contributed by atoms with E-state index in [-0.39, 0.29) is 5.56 Å². The summed E-state index contributed by atoms with van der Waals surface area (Å²) in [6, 6.07) is 5.57. The molecular weight excluding hydrogens is 240 g/mol. The Labute approximate surface area is 114 Å². The van der Waals surface area contributed by atoms with Gasteiger partial charge in [-0.05, 0) is 37.0 Å². The summed E-state index contributed by atoms with van der Waals surface area (Å²) >= 11 is 0. The minimum absolute atomic E-state index is 0.167. The second-order valence-corrected chi connectivity index (χ2v) is 5.39. The van der Waals surface area contributed by atoms with Crippen LogP contribution in [0.5, 0.6) is 0 Å². The van der Waals surface area contributed by atoms with Gasteiger partial charge in [-0.3, -0.25) is 0 Å². The molecule has 4 N–H and O–H groups in total. The van der Waals surface area contributed by atoms with E-state index in [0.717, 1.165) is 11.6 Å². The summed E-state index contributed by atoms with van der Waals surface area (Å²) in [7, 11) is 0. The van der Waals surface area contributed by atoms with Crippen LogP contribution in [-0.4, -0.2) is 17.1 Å². The predicted octanol–water partition coefficient (Wildman–Crippen LogP) is 3.35. The molecule has 0 radical (unpaired) electrons. The van der Waals surface area contributed by atoms with Gasteiger partial charge in [0.25, 0.3) is 0 Å². The second kappa shape index (κ2) is 5.95. The Balaban J connectivity index is 2.03. The number of carbonyl (C=O) groups is 1. The van der Waals surface area contributed by atoms with Gasteiger partial charge in [0.15, 0.2) is 0 Å². The molecule has 1 aromatic carbocycles. The molecule has 0 aromatic heterocycles. The van der Waals surface area contributed by atoms with Gasteiger partial charge in [-0.25, -0.2) is 4.79 Å². The summed E-state index contributed by atoms with van der Waals surface area (Å²) in [6.07, 6.45) is 6.19. The van der Waals surface area contributed by atoms with E-state index in [2.05, 4.69) is 12.2 Å². The van der Waals surface area contributed by atoms with Gasteiger partial charge in [0.05, 0.1) is 5.56 Å². The lowest BCUT2D eigenvalue weighted by atomic mass is 9.84. The summed E-state index contributed by atoms with van der Waals surface area (Å²) in [6.45, 7) is 2.24. The number of nitrogen functional groups attached to an aromatic ring is 1. The van der Waals surface area contributed by atoms with Gasteiger partial charge in [0.1, 0.15) is 0 Å². The molecule has 19 heavy (non-hydrogen) atoms. The van der Waals surface area contributed by atoms with Crippen molar-refractivity contribution >= 4 is 17.3 Å². The van der Waals surface area contributed by atoms with Crippen LogP contribution in [0.1, 0.15) is 49.4 Å². The number of nitrogens with two attached hydrogens (primary N) is 1. The van der Waals surface area contributed by atoms with Crippen LogP contribution >= 0.6 is 0 Å². The van der Waals surface area contributed by atoms with E-state index in [1.54, 1.807) is 18.2 Å². The average molecular weight is 262 g/mol. The molecule has 0 aliphatic heterocycles. The van der Waals surface area contributed by atoms with Crippen LogP contribution < -0.4 is 11.1 Å². The van der Waals surface area contributed by atoms with Crippen molar-refractivity contribution in [2.45, 2.75) is 45.1 Å². The molecule has 2 unspecified atom stereocenters. The number of rotatable bonds is 4. The number of carboxylic acid groups (broad SMARTS) is 1. The highest BCUT2D eigenvalue weighted by molar-refractivity contribution is 5.94. The van der Waals surface area contributed by atoms with Gasteiger partial charge >= 0.3 is 5.97 Å². The first-order valence-electron chi connectivity index (χ1n) is 6.99. The lowest BCUT2D eigenvalue weighted by molar-refractivity contribution is 0.0698. The predicted molar refractivity (Wildman–Crippen MR) is 77.5 cm³/mol. The van der Waals surface area contributed by atoms with E-state index in [4.69, 9.17) is 10.8 Å². The number of carboxylic acids is 1. The summed E-state index contributed by atoms with van der Waals surface area (Å²) in [4.78, 5) is 10.9. The molecule has 0 saturated heterocycles. The third kappa shape index (κ3) is 3.40.